The minimum Gasteiger partial charge on any atom is -0.466 e. The highest BCUT2D eigenvalue weighted by atomic mass is 79.9. The molecule has 1 aliphatic rings. The second-order valence-corrected chi connectivity index (χ2v) is 7.26. The number of piperidine rings is 1. The van der Waals surface area contributed by atoms with E-state index in [2.05, 4.69) is 31.1 Å². The number of ether oxygens (including phenoxy) is 1. The minimum atomic E-state index is -0.0732. The molecule has 1 aromatic carbocycles. The highest BCUT2D eigenvalue weighted by Crippen LogP contribution is 2.22. The lowest BCUT2D eigenvalue weighted by molar-refractivity contribution is -0.149. The molecule has 0 spiro atoms. The Bertz CT molecular complexity index is 616. The van der Waals surface area contributed by atoms with Crippen LogP contribution in [0.25, 0.3) is 0 Å². The molecule has 0 unspecified atom stereocenters. The first-order valence-corrected chi connectivity index (χ1v) is 9.78. The molecule has 1 N–H and O–H groups in total. The number of halogens is 2. The zero-order valence-electron chi connectivity index (χ0n) is 14.7. The maximum atomic E-state index is 11.8. The monoisotopic (exact) mass is 429 g/mol. The lowest BCUT2D eigenvalue weighted by atomic mass is 9.97. The van der Waals surface area contributed by atoms with Crippen molar-refractivity contribution in [3.05, 3.63) is 33.3 Å². The summed E-state index contributed by atoms with van der Waals surface area (Å²) in [6, 6.07) is 5.81. The van der Waals surface area contributed by atoms with Gasteiger partial charge in [0.05, 0.1) is 12.5 Å². The summed E-state index contributed by atoms with van der Waals surface area (Å²) >= 11 is 9.61. The Morgan fingerprint density at radius 3 is 2.80 bits per heavy atom. The lowest BCUT2D eigenvalue weighted by Gasteiger charge is -2.33. The molecular weight excluding hydrogens is 406 g/mol. The second kappa shape index (κ2) is 10.0. The molecule has 2 rings (SSSR count). The number of guanidine groups is 1. The molecule has 0 aromatic heterocycles. The summed E-state index contributed by atoms with van der Waals surface area (Å²) in [5, 5.41) is 4.14. The van der Waals surface area contributed by atoms with Crippen LogP contribution in [0, 0.1) is 5.92 Å². The van der Waals surface area contributed by atoms with Crippen molar-refractivity contribution in [2.75, 3.05) is 33.3 Å². The predicted octanol–water partition coefficient (Wildman–Crippen LogP) is 3.50. The molecule has 1 heterocycles. The van der Waals surface area contributed by atoms with Crippen molar-refractivity contribution in [2.45, 2.75) is 26.2 Å². The van der Waals surface area contributed by atoms with Crippen LogP contribution >= 0.6 is 27.5 Å². The van der Waals surface area contributed by atoms with Crippen LogP contribution in [0.5, 0.6) is 0 Å². The highest BCUT2D eigenvalue weighted by molar-refractivity contribution is 9.10. The van der Waals surface area contributed by atoms with Crippen LogP contribution in [-0.2, 0) is 16.0 Å². The number of hydrogen-bond donors (Lipinski definition) is 1. The van der Waals surface area contributed by atoms with Gasteiger partial charge in [0, 0.05) is 36.2 Å². The topological polar surface area (TPSA) is 53.9 Å². The highest BCUT2D eigenvalue weighted by Gasteiger charge is 2.27. The Kier molecular flexibility index (Phi) is 8.03. The maximum absolute atomic E-state index is 11.8. The molecule has 0 bridgehead atoms. The number of carbonyl (C=O) groups is 1. The van der Waals surface area contributed by atoms with Gasteiger partial charge in [-0.1, -0.05) is 27.5 Å². The van der Waals surface area contributed by atoms with Crippen molar-refractivity contribution in [3.8, 4) is 0 Å². The average Bonchev–Trinajstić information content (AvgIpc) is 2.62. The number of nitrogens with zero attached hydrogens (tertiary/aromatic N) is 2. The van der Waals surface area contributed by atoms with Crippen molar-refractivity contribution in [1.29, 1.82) is 0 Å². The van der Waals surface area contributed by atoms with E-state index in [1.165, 1.54) is 0 Å². The summed E-state index contributed by atoms with van der Waals surface area (Å²) in [4.78, 5) is 18.4. The van der Waals surface area contributed by atoms with Gasteiger partial charge in [0.1, 0.15) is 0 Å². The predicted molar refractivity (Wildman–Crippen MR) is 105 cm³/mol. The molecule has 138 valence electrons. The summed E-state index contributed by atoms with van der Waals surface area (Å²) in [6.45, 7) is 4.68. The average molecular weight is 431 g/mol. The van der Waals surface area contributed by atoms with Gasteiger partial charge in [-0.05, 0) is 49.9 Å². The summed E-state index contributed by atoms with van der Waals surface area (Å²) in [7, 11) is 1.79. The van der Waals surface area contributed by atoms with E-state index in [1.54, 1.807) is 7.05 Å². The number of aliphatic imine (C=N–C) groups is 1. The first-order valence-electron chi connectivity index (χ1n) is 8.61. The van der Waals surface area contributed by atoms with Crippen molar-refractivity contribution < 1.29 is 9.53 Å². The van der Waals surface area contributed by atoms with Crippen molar-refractivity contribution in [3.63, 3.8) is 0 Å². The summed E-state index contributed by atoms with van der Waals surface area (Å²) in [5.74, 6) is 0.813. The number of likely N-dealkylation sites (tertiary alicyclic amines) is 1. The quantitative estimate of drug-likeness (QED) is 0.441. The lowest BCUT2D eigenvalue weighted by Crippen LogP contribution is -2.47. The molecule has 1 aliphatic heterocycles. The molecule has 0 aliphatic carbocycles. The molecule has 0 amide bonds. The first-order chi connectivity index (χ1) is 12.0. The van der Waals surface area contributed by atoms with Crippen LogP contribution in [-0.4, -0.2) is 50.1 Å². The molecular formula is C18H25BrClN3O2. The minimum absolute atomic E-state index is 0.0109. The number of nitrogens with one attached hydrogen (secondary N) is 1. The standard InChI is InChI=1S/C18H25BrClN3O2/c1-3-25-17(24)13-7-10-23(11-8-13)18(21-2)22-9-6-14-12-15(20)4-5-16(14)19/h4-5,12-13H,3,6-11H2,1-2H3,(H,21,22). The SMILES string of the molecule is CCOC(=O)C1CCN(C(=NC)NCCc2cc(Cl)ccc2Br)CC1. The van der Waals surface area contributed by atoms with E-state index in [4.69, 9.17) is 16.3 Å². The van der Waals surface area contributed by atoms with Crippen molar-refractivity contribution >= 4 is 39.5 Å². The van der Waals surface area contributed by atoms with Crippen molar-refractivity contribution in [2.24, 2.45) is 10.9 Å². The molecule has 0 atom stereocenters. The van der Waals surface area contributed by atoms with E-state index < -0.39 is 0 Å². The fourth-order valence-corrected chi connectivity index (χ4v) is 3.60. The molecule has 1 aromatic rings. The molecule has 25 heavy (non-hydrogen) atoms. The van der Waals surface area contributed by atoms with Gasteiger partial charge >= 0.3 is 5.97 Å². The third kappa shape index (κ3) is 5.89. The summed E-state index contributed by atoms with van der Waals surface area (Å²) < 4.78 is 6.18. The van der Waals surface area contributed by atoms with E-state index in [9.17, 15) is 4.79 Å². The normalized spacial score (nSPS) is 16.0. The number of benzene rings is 1. The van der Waals surface area contributed by atoms with Crippen LogP contribution in [0.1, 0.15) is 25.3 Å². The molecule has 0 saturated carbocycles. The van der Waals surface area contributed by atoms with Gasteiger partial charge in [0.15, 0.2) is 5.96 Å². The largest absolute Gasteiger partial charge is 0.466 e. The number of rotatable bonds is 5. The number of esters is 1. The van der Waals surface area contributed by atoms with Gasteiger partial charge in [-0.3, -0.25) is 9.79 Å². The Labute approximate surface area is 162 Å². The fourth-order valence-electron chi connectivity index (χ4n) is 2.96. The second-order valence-electron chi connectivity index (χ2n) is 5.97. The van der Waals surface area contributed by atoms with Crippen LogP contribution in [0.2, 0.25) is 5.02 Å². The molecule has 0 radical (unpaired) electrons. The van der Waals surface area contributed by atoms with Gasteiger partial charge in [-0.15, -0.1) is 0 Å². The van der Waals surface area contributed by atoms with Crippen LogP contribution < -0.4 is 5.32 Å². The maximum Gasteiger partial charge on any atom is 0.309 e. The Morgan fingerprint density at radius 1 is 1.44 bits per heavy atom. The summed E-state index contributed by atoms with van der Waals surface area (Å²) in [5.41, 5.74) is 1.16. The van der Waals surface area contributed by atoms with Crippen LogP contribution in [0.15, 0.2) is 27.7 Å². The van der Waals surface area contributed by atoms with E-state index in [0.29, 0.717) is 6.61 Å². The number of hydrogen-bond acceptors (Lipinski definition) is 3. The summed E-state index contributed by atoms with van der Waals surface area (Å²) in [6.07, 6.45) is 2.46. The zero-order chi connectivity index (χ0) is 18.2. The first kappa shape index (κ1) is 20.0. The molecule has 1 saturated heterocycles. The van der Waals surface area contributed by atoms with Gasteiger partial charge in [0.2, 0.25) is 0 Å². The van der Waals surface area contributed by atoms with E-state index >= 15 is 0 Å². The Hall–Kier alpha value is -1.27. The van der Waals surface area contributed by atoms with Gasteiger partial charge in [0.25, 0.3) is 0 Å². The third-order valence-electron chi connectivity index (χ3n) is 4.31. The molecule has 5 nitrogen and oxygen atoms in total. The van der Waals surface area contributed by atoms with Crippen LogP contribution in [0.4, 0.5) is 0 Å². The van der Waals surface area contributed by atoms with E-state index in [-0.39, 0.29) is 11.9 Å². The fraction of sp³-hybridized carbons (Fsp3) is 0.556. The smallest absolute Gasteiger partial charge is 0.309 e. The van der Waals surface area contributed by atoms with Gasteiger partial charge in [-0.2, -0.15) is 0 Å². The van der Waals surface area contributed by atoms with Gasteiger partial charge in [-0.25, -0.2) is 0 Å². The van der Waals surface area contributed by atoms with E-state index in [1.807, 2.05) is 25.1 Å². The van der Waals surface area contributed by atoms with E-state index in [0.717, 1.165) is 59.9 Å². The Morgan fingerprint density at radius 2 is 2.16 bits per heavy atom. The zero-order valence-corrected chi connectivity index (χ0v) is 17.1. The third-order valence-corrected chi connectivity index (χ3v) is 5.32. The molecule has 7 heteroatoms. The van der Waals surface area contributed by atoms with Gasteiger partial charge < -0.3 is 15.0 Å². The molecule has 1 fully saturated rings. The number of carbonyl (C=O) groups excluding carboxylic acids is 1. The van der Waals surface area contributed by atoms with Crippen molar-refractivity contribution in [1.82, 2.24) is 10.2 Å². The Balaban J connectivity index is 1.81. The van der Waals surface area contributed by atoms with Crippen LogP contribution in [0.3, 0.4) is 0 Å².